The minimum atomic E-state index is -0.444. The van der Waals surface area contributed by atoms with Gasteiger partial charge in [0.25, 0.3) is 0 Å². The Morgan fingerprint density at radius 1 is 1.15 bits per heavy atom. The Balaban J connectivity index is 1.54. The summed E-state index contributed by atoms with van der Waals surface area (Å²) in [4.78, 5) is 3.64. The summed E-state index contributed by atoms with van der Waals surface area (Å²) in [6, 6.07) is 11.8. The monoisotopic (exact) mass is 272 g/mol. The number of nitrogens with one attached hydrogen (secondary N) is 1. The molecule has 0 aliphatic heterocycles. The molecule has 3 nitrogen and oxygen atoms in total. The Hall–Kier alpha value is -2.10. The van der Waals surface area contributed by atoms with Gasteiger partial charge in [-0.3, -0.25) is 0 Å². The quantitative estimate of drug-likeness (QED) is 0.864. The van der Waals surface area contributed by atoms with E-state index in [1.165, 1.54) is 17.8 Å². The average Bonchev–Trinajstić information content (AvgIpc) is 2.45. The van der Waals surface area contributed by atoms with Crippen LogP contribution >= 0.6 is 0 Å². The highest BCUT2D eigenvalue weighted by Crippen LogP contribution is 2.38. The van der Waals surface area contributed by atoms with Crippen LogP contribution in [0.2, 0.25) is 0 Å². The van der Waals surface area contributed by atoms with Crippen LogP contribution in [0.4, 0.5) is 10.1 Å². The Labute approximate surface area is 117 Å². The van der Waals surface area contributed by atoms with Crippen molar-refractivity contribution in [3.05, 3.63) is 54.1 Å². The first kappa shape index (κ1) is 12.9. The van der Waals surface area contributed by atoms with E-state index in [9.17, 15) is 4.39 Å². The van der Waals surface area contributed by atoms with Crippen LogP contribution in [0.15, 0.2) is 42.6 Å². The van der Waals surface area contributed by atoms with Gasteiger partial charge in [-0.1, -0.05) is 12.1 Å². The Morgan fingerprint density at radius 3 is 2.50 bits per heavy atom. The molecule has 3 rings (SSSR count). The number of halogens is 1. The van der Waals surface area contributed by atoms with E-state index in [1.807, 2.05) is 12.1 Å². The fourth-order valence-corrected chi connectivity index (χ4v) is 2.58. The van der Waals surface area contributed by atoms with Crippen molar-refractivity contribution in [2.24, 2.45) is 0 Å². The molecule has 0 spiro atoms. The fraction of sp³-hybridized carbons (Fsp3) is 0.312. The molecule has 0 atom stereocenters. The number of rotatable bonds is 4. The summed E-state index contributed by atoms with van der Waals surface area (Å²) in [7, 11) is 1.68. The lowest BCUT2D eigenvalue weighted by Crippen LogP contribution is -2.34. The number of ether oxygens (including phenoxy) is 1. The molecule has 1 N–H and O–H groups in total. The van der Waals surface area contributed by atoms with Crippen molar-refractivity contribution in [2.75, 3.05) is 12.4 Å². The van der Waals surface area contributed by atoms with Crippen molar-refractivity contribution in [1.29, 1.82) is 0 Å². The van der Waals surface area contributed by atoms with E-state index in [1.54, 1.807) is 13.2 Å². The standard InChI is InChI=1S/C16H17FN2O/c1-20-15-5-2-11(3-6-15)12-8-14(9-12)19-13-4-7-16(17)18-10-13/h2-7,10,12,14,19H,8-9H2,1H3. The number of pyridine rings is 1. The van der Waals surface area contributed by atoms with E-state index < -0.39 is 5.95 Å². The molecule has 1 aliphatic carbocycles. The van der Waals surface area contributed by atoms with Crippen LogP contribution in [0.25, 0.3) is 0 Å². The van der Waals surface area contributed by atoms with Gasteiger partial charge in [0.1, 0.15) is 5.75 Å². The summed E-state index contributed by atoms with van der Waals surface area (Å²) in [5, 5.41) is 3.37. The predicted octanol–water partition coefficient (Wildman–Crippen LogP) is 3.59. The van der Waals surface area contributed by atoms with E-state index in [0.29, 0.717) is 12.0 Å². The second-order valence-electron chi connectivity index (χ2n) is 5.15. The van der Waals surface area contributed by atoms with Gasteiger partial charge in [-0.25, -0.2) is 4.98 Å². The molecule has 0 unspecified atom stereocenters. The van der Waals surface area contributed by atoms with Crippen molar-refractivity contribution < 1.29 is 9.13 Å². The van der Waals surface area contributed by atoms with E-state index >= 15 is 0 Å². The molecule has 0 radical (unpaired) electrons. The normalized spacial score (nSPS) is 21.1. The zero-order valence-corrected chi connectivity index (χ0v) is 11.3. The van der Waals surface area contributed by atoms with Gasteiger partial charge in [-0.05, 0) is 48.6 Å². The van der Waals surface area contributed by atoms with Crippen LogP contribution in [-0.4, -0.2) is 18.1 Å². The molecule has 0 amide bonds. The number of hydrogen-bond acceptors (Lipinski definition) is 3. The minimum absolute atomic E-state index is 0.439. The Bertz CT molecular complexity index is 562. The highest BCUT2D eigenvalue weighted by Gasteiger charge is 2.30. The Morgan fingerprint density at radius 2 is 1.90 bits per heavy atom. The molecule has 20 heavy (non-hydrogen) atoms. The van der Waals surface area contributed by atoms with Crippen LogP contribution in [0, 0.1) is 5.95 Å². The van der Waals surface area contributed by atoms with Gasteiger partial charge in [0, 0.05) is 6.04 Å². The molecular weight excluding hydrogens is 255 g/mol. The molecule has 0 bridgehead atoms. The molecule has 1 aromatic carbocycles. The van der Waals surface area contributed by atoms with Gasteiger partial charge in [-0.2, -0.15) is 4.39 Å². The third kappa shape index (κ3) is 2.74. The van der Waals surface area contributed by atoms with E-state index in [-0.39, 0.29) is 0 Å². The van der Waals surface area contributed by atoms with Crippen LogP contribution in [0.1, 0.15) is 24.3 Å². The van der Waals surface area contributed by atoms with Crippen molar-refractivity contribution in [1.82, 2.24) is 4.98 Å². The lowest BCUT2D eigenvalue weighted by atomic mass is 9.76. The van der Waals surface area contributed by atoms with Crippen molar-refractivity contribution in [3.63, 3.8) is 0 Å². The summed E-state index contributed by atoms with van der Waals surface area (Å²) in [6.07, 6.45) is 3.71. The van der Waals surface area contributed by atoms with Gasteiger partial charge >= 0.3 is 0 Å². The van der Waals surface area contributed by atoms with Gasteiger partial charge in [-0.15, -0.1) is 0 Å². The number of nitrogens with zero attached hydrogens (tertiary/aromatic N) is 1. The van der Waals surface area contributed by atoms with Crippen molar-refractivity contribution in [2.45, 2.75) is 24.8 Å². The average molecular weight is 272 g/mol. The topological polar surface area (TPSA) is 34.1 Å². The molecule has 104 valence electrons. The first-order valence-corrected chi connectivity index (χ1v) is 6.76. The third-order valence-corrected chi connectivity index (χ3v) is 3.82. The van der Waals surface area contributed by atoms with Crippen LogP contribution in [0.5, 0.6) is 5.75 Å². The smallest absolute Gasteiger partial charge is 0.212 e. The van der Waals surface area contributed by atoms with Crippen molar-refractivity contribution in [3.8, 4) is 5.75 Å². The largest absolute Gasteiger partial charge is 0.497 e. The summed E-state index contributed by atoms with van der Waals surface area (Å²) in [5.74, 6) is 1.03. The van der Waals surface area contributed by atoms with Gasteiger partial charge < -0.3 is 10.1 Å². The maximum atomic E-state index is 12.7. The molecule has 1 fully saturated rings. The summed E-state index contributed by atoms with van der Waals surface area (Å²) in [6.45, 7) is 0. The molecule has 1 heterocycles. The number of hydrogen-bond donors (Lipinski definition) is 1. The zero-order valence-electron chi connectivity index (χ0n) is 11.3. The molecule has 1 aromatic heterocycles. The Kier molecular flexibility index (Phi) is 3.54. The molecular formula is C16H17FN2O. The van der Waals surface area contributed by atoms with Crippen LogP contribution < -0.4 is 10.1 Å². The van der Waals surface area contributed by atoms with Gasteiger partial charge in [0.15, 0.2) is 0 Å². The molecule has 4 heteroatoms. The van der Waals surface area contributed by atoms with E-state index in [4.69, 9.17) is 4.74 Å². The molecule has 1 saturated carbocycles. The number of anilines is 1. The maximum absolute atomic E-state index is 12.7. The number of aromatic nitrogens is 1. The second kappa shape index (κ2) is 5.49. The molecule has 0 saturated heterocycles. The minimum Gasteiger partial charge on any atom is -0.497 e. The van der Waals surface area contributed by atoms with Gasteiger partial charge in [0.2, 0.25) is 5.95 Å². The maximum Gasteiger partial charge on any atom is 0.212 e. The lowest BCUT2D eigenvalue weighted by molar-refractivity contribution is 0.373. The van der Waals surface area contributed by atoms with Gasteiger partial charge in [0.05, 0.1) is 19.0 Å². The summed E-state index contributed by atoms with van der Waals surface area (Å²) >= 11 is 0. The third-order valence-electron chi connectivity index (χ3n) is 3.82. The predicted molar refractivity (Wildman–Crippen MR) is 76.6 cm³/mol. The SMILES string of the molecule is COc1ccc(C2CC(Nc3ccc(F)nc3)C2)cc1. The molecule has 1 aliphatic rings. The van der Waals surface area contributed by atoms with Crippen LogP contribution in [-0.2, 0) is 0 Å². The zero-order chi connectivity index (χ0) is 13.9. The second-order valence-corrected chi connectivity index (χ2v) is 5.15. The number of methoxy groups -OCH3 is 1. The van der Waals surface area contributed by atoms with E-state index in [2.05, 4.69) is 22.4 Å². The lowest BCUT2D eigenvalue weighted by Gasteiger charge is -2.36. The first-order valence-electron chi connectivity index (χ1n) is 6.76. The van der Waals surface area contributed by atoms with E-state index in [0.717, 1.165) is 24.3 Å². The van der Waals surface area contributed by atoms with Crippen molar-refractivity contribution >= 4 is 5.69 Å². The first-order chi connectivity index (χ1) is 9.74. The summed E-state index contributed by atoms with van der Waals surface area (Å²) < 4.78 is 17.9. The van der Waals surface area contributed by atoms with Crippen LogP contribution in [0.3, 0.4) is 0 Å². The highest BCUT2D eigenvalue weighted by molar-refractivity contribution is 5.42. The molecule has 2 aromatic rings. The summed E-state index contributed by atoms with van der Waals surface area (Å²) in [5.41, 5.74) is 2.23. The fourth-order valence-electron chi connectivity index (χ4n) is 2.58. The number of benzene rings is 1. The highest BCUT2D eigenvalue weighted by atomic mass is 19.1.